The highest BCUT2D eigenvalue weighted by molar-refractivity contribution is 14.0. The maximum absolute atomic E-state index is 5.75. The first-order chi connectivity index (χ1) is 8.85. The molecule has 106 valence electrons. The second kappa shape index (κ2) is 8.08. The minimum Gasteiger partial charge on any atom is -0.490 e. The summed E-state index contributed by atoms with van der Waals surface area (Å²) >= 11 is 0. The Labute approximate surface area is 130 Å². The molecule has 0 atom stereocenters. The van der Waals surface area contributed by atoms with Crippen LogP contribution >= 0.6 is 24.0 Å². The van der Waals surface area contributed by atoms with Crippen molar-refractivity contribution in [1.82, 2.24) is 10.6 Å². The first kappa shape index (κ1) is 15.9. The molecule has 0 radical (unpaired) electrons. The summed E-state index contributed by atoms with van der Waals surface area (Å²) in [5.74, 6) is 2.42. The second-order valence-corrected chi connectivity index (χ2v) is 3.97. The van der Waals surface area contributed by atoms with Gasteiger partial charge in [-0.3, -0.25) is 4.99 Å². The zero-order valence-electron chi connectivity index (χ0n) is 11.2. The summed E-state index contributed by atoms with van der Waals surface area (Å²) in [6, 6.07) is 5.95. The highest BCUT2D eigenvalue weighted by Gasteiger charge is 2.14. The summed E-state index contributed by atoms with van der Waals surface area (Å²) in [5, 5.41) is 6.19. The first-order valence-corrected chi connectivity index (χ1v) is 6.11. The summed E-state index contributed by atoms with van der Waals surface area (Å²) in [6.45, 7) is 2.06. The number of rotatable bonds is 2. The molecule has 2 N–H and O–H groups in total. The molecular weight excluding hydrogens is 357 g/mol. The zero-order valence-corrected chi connectivity index (χ0v) is 13.6. The van der Waals surface area contributed by atoms with Crippen LogP contribution in [0.1, 0.15) is 12.0 Å². The van der Waals surface area contributed by atoms with Crippen molar-refractivity contribution in [3.63, 3.8) is 0 Å². The molecule has 0 aromatic heterocycles. The molecule has 0 saturated carbocycles. The maximum atomic E-state index is 5.75. The van der Waals surface area contributed by atoms with E-state index in [1.807, 2.05) is 25.2 Å². The molecule has 1 aromatic carbocycles. The van der Waals surface area contributed by atoms with Gasteiger partial charge in [0.1, 0.15) is 0 Å². The van der Waals surface area contributed by atoms with E-state index in [0.29, 0.717) is 19.8 Å². The average Bonchev–Trinajstić information content (AvgIpc) is 2.65. The third-order valence-corrected chi connectivity index (χ3v) is 2.76. The second-order valence-electron chi connectivity index (χ2n) is 3.97. The van der Waals surface area contributed by atoms with Crippen molar-refractivity contribution < 1.29 is 9.47 Å². The lowest BCUT2D eigenvalue weighted by atomic mass is 10.2. The van der Waals surface area contributed by atoms with Gasteiger partial charge in [0.15, 0.2) is 17.5 Å². The zero-order chi connectivity index (χ0) is 12.8. The molecule has 0 saturated heterocycles. The van der Waals surface area contributed by atoms with E-state index in [2.05, 4.69) is 15.6 Å². The lowest BCUT2D eigenvalue weighted by Gasteiger charge is -2.14. The van der Waals surface area contributed by atoms with Gasteiger partial charge in [0.05, 0.1) is 13.2 Å². The molecule has 0 amide bonds. The van der Waals surface area contributed by atoms with Gasteiger partial charge in [-0.15, -0.1) is 24.0 Å². The monoisotopic (exact) mass is 377 g/mol. The number of halogens is 1. The number of nitrogens with zero attached hydrogens (tertiary/aromatic N) is 1. The van der Waals surface area contributed by atoms with E-state index >= 15 is 0 Å². The fraction of sp³-hybridized carbons (Fsp3) is 0.462. The average molecular weight is 377 g/mol. The highest BCUT2D eigenvalue weighted by Crippen LogP contribution is 2.32. The largest absolute Gasteiger partial charge is 0.490 e. The van der Waals surface area contributed by atoms with E-state index in [-0.39, 0.29) is 24.0 Å². The first-order valence-electron chi connectivity index (χ1n) is 6.11. The Morgan fingerprint density at radius 2 is 2.11 bits per heavy atom. The van der Waals surface area contributed by atoms with Crippen LogP contribution in [0.3, 0.4) is 0 Å². The molecule has 0 unspecified atom stereocenters. The standard InChI is InChI=1S/C13H19N3O2.HI/c1-14-13(15-2)16-9-10-5-3-6-11-12(10)18-8-4-7-17-11;/h3,5-6H,4,7-9H2,1-2H3,(H2,14,15,16);1H. The van der Waals surface area contributed by atoms with Gasteiger partial charge in [0, 0.05) is 32.6 Å². The quantitative estimate of drug-likeness (QED) is 0.469. The van der Waals surface area contributed by atoms with E-state index in [4.69, 9.17) is 9.47 Å². The number of para-hydroxylation sites is 1. The van der Waals surface area contributed by atoms with Gasteiger partial charge in [-0.2, -0.15) is 0 Å². The van der Waals surface area contributed by atoms with Crippen LogP contribution in [-0.4, -0.2) is 33.3 Å². The highest BCUT2D eigenvalue weighted by atomic mass is 127. The van der Waals surface area contributed by atoms with Crippen LogP contribution < -0.4 is 20.1 Å². The van der Waals surface area contributed by atoms with Crippen LogP contribution in [0, 0.1) is 0 Å². The molecule has 0 spiro atoms. The fourth-order valence-corrected chi connectivity index (χ4v) is 1.85. The number of guanidine groups is 1. The maximum Gasteiger partial charge on any atom is 0.190 e. The van der Waals surface area contributed by atoms with Crippen molar-refractivity contribution >= 4 is 29.9 Å². The Morgan fingerprint density at radius 3 is 2.84 bits per heavy atom. The number of aliphatic imine (C=N–C) groups is 1. The van der Waals surface area contributed by atoms with Crippen molar-refractivity contribution in [3.05, 3.63) is 23.8 Å². The van der Waals surface area contributed by atoms with E-state index in [9.17, 15) is 0 Å². The SMILES string of the molecule is CN=C(NC)NCc1cccc2c1OCCCO2.I. The predicted octanol–water partition coefficient (Wildman–Crippen LogP) is 1.76. The third kappa shape index (κ3) is 4.15. The molecule has 1 heterocycles. The number of fused-ring (bicyclic) bond motifs is 1. The van der Waals surface area contributed by atoms with Gasteiger partial charge < -0.3 is 20.1 Å². The van der Waals surface area contributed by atoms with E-state index in [1.165, 1.54) is 0 Å². The van der Waals surface area contributed by atoms with Crippen LogP contribution in [0.4, 0.5) is 0 Å². The Balaban J connectivity index is 0.00000180. The Hall–Kier alpha value is -1.18. The lowest BCUT2D eigenvalue weighted by molar-refractivity contribution is 0.296. The van der Waals surface area contributed by atoms with Crippen molar-refractivity contribution in [2.24, 2.45) is 4.99 Å². The van der Waals surface area contributed by atoms with Crippen LogP contribution in [0.15, 0.2) is 23.2 Å². The van der Waals surface area contributed by atoms with Gasteiger partial charge >= 0.3 is 0 Å². The summed E-state index contributed by atoms with van der Waals surface area (Å²) < 4.78 is 11.4. The number of benzene rings is 1. The predicted molar refractivity (Wildman–Crippen MR) is 86.7 cm³/mol. The van der Waals surface area contributed by atoms with E-state index in [0.717, 1.165) is 29.4 Å². The molecule has 2 rings (SSSR count). The van der Waals surface area contributed by atoms with Crippen LogP contribution in [0.25, 0.3) is 0 Å². The van der Waals surface area contributed by atoms with Gasteiger partial charge in [-0.25, -0.2) is 0 Å². The fourth-order valence-electron chi connectivity index (χ4n) is 1.85. The van der Waals surface area contributed by atoms with Crippen LogP contribution in [0.2, 0.25) is 0 Å². The molecule has 19 heavy (non-hydrogen) atoms. The van der Waals surface area contributed by atoms with Gasteiger partial charge in [0.2, 0.25) is 0 Å². The van der Waals surface area contributed by atoms with Gasteiger partial charge in [0.25, 0.3) is 0 Å². The lowest BCUT2D eigenvalue weighted by Crippen LogP contribution is -2.34. The molecule has 0 aliphatic carbocycles. The molecule has 5 nitrogen and oxygen atoms in total. The number of nitrogens with one attached hydrogen (secondary N) is 2. The van der Waals surface area contributed by atoms with Crippen LogP contribution in [0.5, 0.6) is 11.5 Å². The van der Waals surface area contributed by atoms with Crippen molar-refractivity contribution in [2.45, 2.75) is 13.0 Å². The molecule has 1 aromatic rings. The topological polar surface area (TPSA) is 54.9 Å². The normalized spacial score (nSPS) is 14.1. The number of hydrogen-bond donors (Lipinski definition) is 2. The minimum atomic E-state index is 0. The number of hydrogen-bond acceptors (Lipinski definition) is 3. The van der Waals surface area contributed by atoms with E-state index in [1.54, 1.807) is 7.05 Å². The van der Waals surface area contributed by atoms with Crippen LogP contribution in [-0.2, 0) is 6.54 Å². The molecule has 1 aliphatic heterocycles. The Kier molecular flexibility index (Phi) is 6.75. The van der Waals surface area contributed by atoms with Crippen molar-refractivity contribution in [3.8, 4) is 11.5 Å². The molecule has 0 fully saturated rings. The summed E-state index contributed by atoms with van der Waals surface area (Å²) in [4.78, 5) is 4.07. The number of ether oxygens (including phenoxy) is 2. The smallest absolute Gasteiger partial charge is 0.190 e. The van der Waals surface area contributed by atoms with Gasteiger partial charge in [-0.1, -0.05) is 12.1 Å². The molecular formula is C13H20IN3O2. The third-order valence-electron chi connectivity index (χ3n) is 2.76. The van der Waals surface area contributed by atoms with Crippen molar-refractivity contribution in [1.29, 1.82) is 0 Å². The summed E-state index contributed by atoms with van der Waals surface area (Å²) in [5.41, 5.74) is 1.07. The molecule has 0 bridgehead atoms. The minimum absolute atomic E-state index is 0. The van der Waals surface area contributed by atoms with Gasteiger partial charge in [-0.05, 0) is 6.07 Å². The Morgan fingerprint density at radius 1 is 1.32 bits per heavy atom. The molecule has 6 heteroatoms. The van der Waals surface area contributed by atoms with Crippen molar-refractivity contribution in [2.75, 3.05) is 27.3 Å². The Bertz CT molecular complexity index is 438. The molecule has 1 aliphatic rings. The summed E-state index contributed by atoms with van der Waals surface area (Å²) in [7, 11) is 3.57. The van der Waals surface area contributed by atoms with E-state index < -0.39 is 0 Å². The summed E-state index contributed by atoms with van der Waals surface area (Å²) in [6.07, 6.45) is 0.916.